The molecule has 0 saturated carbocycles. The Balaban J connectivity index is 2.95. The Kier molecular flexibility index (Phi) is 4.42. The number of amides is 2. The van der Waals surface area contributed by atoms with Crippen molar-refractivity contribution in [1.29, 1.82) is 0 Å². The van der Waals surface area contributed by atoms with Crippen LogP contribution in [0.4, 0.5) is 24.5 Å². The minimum Gasteiger partial charge on any atom is -0.324 e. The second-order valence-corrected chi connectivity index (χ2v) is 5.20. The van der Waals surface area contributed by atoms with Crippen LogP contribution in [0, 0.1) is 5.41 Å². The molecule has 7 heteroatoms. The predicted molar refractivity (Wildman–Crippen MR) is 69.2 cm³/mol. The van der Waals surface area contributed by atoms with Gasteiger partial charge in [0.2, 0.25) is 5.91 Å². The first-order valence-electron chi connectivity index (χ1n) is 5.80. The summed E-state index contributed by atoms with van der Waals surface area (Å²) in [4.78, 5) is 22.7. The van der Waals surface area contributed by atoms with Crippen molar-refractivity contribution in [3.63, 3.8) is 0 Å². The largest absolute Gasteiger partial charge is 0.471 e. The molecule has 0 radical (unpaired) electrons. The summed E-state index contributed by atoms with van der Waals surface area (Å²) in [5, 5.41) is 4.21. The van der Waals surface area contributed by atoms with E-state index in [9.17, 15) is 22.8 Å². The summed E-state index contributed by atoms with van der Waals surface area (Å²) < 4.78 is 36.7. The minimum atomic E-state index is -4.98. The van der Waals surface area contributed by atoms with E-state index in [0.717, 1.165) is 0 Å². The Labute approximate surface area is 114 Å². The fraction of sp³-hybridized carbons (Fsp3) is 0.385. The highest BCUT2D eigenvalue weighted by Crippen LogP contribution is 2.26. The number of alkyl halides is 3. The van der Waals surface area contributed by atoms with Crippen molar-refractivity contribution in [1.82, 2.24) is 0 Å². The number of benzene rings is 1. The molecule has 1 rings (SSSR count). The lowest BCUT2D eigenvalue weighted by Crippen LogP contribution is -2.31. The molecular formula is C13H15F3N2O2. The van der Waals surface area contributed by atoms with Crippen LogP contribution in [0.1, 0.15) is 20.8 Å². The molecule has 2 amide bonds. The maximum atomic E-state index is 12.2. The summed E-state index contributed by atoms with van der Waals surface area (Å²) in [6.07, 6.45) is -4.98. The van der Waals surface area contributed by atoms with Crippen molar-refractivity contribution in [2.45, 2.75) is 26.9 Å². The Bertz CT molecular complexity index is 472. The van der Waals surface area contributed by atoms with Gasteiger partial charge in [0.15, 0.2) is 0 Å². The molecule has 2 N–H and O–H groups in total. The number of carbonyl (C=O) groups excluding carboxylic acids is 2. The molecule has 20 heavy (non-hydrogen) atoms. The number of rotatable bonds is 2. The highest BCUT2D eigenvalue weighted by Gasteiger charge is 2.39. The Morgan fingerprint density at radius 1 is 0.900 bits per heavy atom. The van der Waals surface area contributed by atoms with Crippen LogP contribution >= 0.6 is 0 Å². The molecule has 0 heterocycles. The third kappa shape index (κ3) is 4.25. The fourth-order valence-corrected chi connectivity index (χ4v) is 1.20. The van der Waals surface area contributed by atoms with E-state index in [2.05, 4.69) is 5.32 Å². The maximum absolute atomic E-state index is 12.2. The summed E-state index contributed by atoms with van der Waals surface area (Å²) in [5.74, 6) is -2.46. The van der Waals surface area contributed by atoms with E-state index >= 15 is 0 Å². The molecule has 0 aliphatic heterocycles. The zero-order chi connectivity index (χ0) is 15.6. The molecule has 0 unspecified atom stereocenters. The van der Waals surface area contributed by atoms with Gasteiger partial charge in [-0.25, -0.2) is 0 Å². The lowest BCUT2D eigenvalue weighted by atomic mass is 9.95. The first-order valence-corrected chi connectivity index (χ1v) is 5.80. The van der Waals surface area contributed by atoms with E-state index in [1.165, 1.54) is 18.2 Å². The third-order valence-electron chi connectivity index (χ3n) is 2.36. The van der Waals surface area contributed by atoms with Gasteiger partial charge < -0.3 is 10.6 Å². The average Bonchev–Trinajstić information content (AvgIpc) is 2.29. The van der Waals surface area contributed by atoms with Crippen molar-refractivity contribution >= 4 is 23.2 Å². The zero-order valence-electron chi connectivity index (χ0n) is 11.3. The SMILES string of the molecule is CC(C)(C)C(=O)Nc1ccccc1NC(=O)C(F)(F)F. The molecule has 0 spiro atoms. The predicted octanol–water partition coefficient (Wildman–Crippen LogP) is 3.17. The van der Waals surface area contributed by atoms with E-state index in [1.807, 2.05) is 0 Å². The first kappa shape index (κ1) is 16.0. The van der Waals surface area contributed by atoms with Crippen molar-refractivity contribution in [2.24, 2.45) is 5.41 Å². The molecule has 0 atom stereocenters. The fourth-order valence-electron chi connectivity index (χ4n) is 1.20. The zero-order valence-corrected chi connectivity index (χ0v) is 11.3. The summed E-state index contributed by atoms with van der Waals surface area (Å²) in [5.41, 5.74) is -0.696. The van der Waals surface area contributed by atoms with Gasteiger partial charge in [-0.05, 0) is 12.1 Å². The Morgan fingerprint density at radius 2 is 1.30 bits per heavy atom. The van der Waals surface area contributed by atoms with Crippen LogP contribution in [-0.4, -0.2) is 18.0 Å². The van der Waals surface area contributed by atoms with Gasteiger partial charge in [0.05, 0.1) is 11.4 Å². The van der Waals surface area contributed by atoms with Crippen molar-refractivity contribution in [3.05, 3.63) is 24.3 Å². The normalized spacial score (nSPS) is 11.9. The number of carbonyl (C=O) groups is 2. The second kappa shape index (κ2) is 5.52. The second-order valence-electron chi connectivity index (χ2n) is 5.20. The lowest BCUT2D eigenvalue weighted by Gasteiger charge is -2.19. The smallest absolute Gasteiger partial charge is 0.324 e. The van der Waals surface area contributed by atoms with Crippen molar-refractivity contribution in [2.75, 3.05) is 10.6 Å². The molecule has 0 aromatic heterocycles. The van der Waals surface area contributed by atoms with Crippen LogP contribution in [0.2, 0.25) is 0 Å². The molecule has 0 aliphatic carbocycles. The van der Waals surface area contributed by atoms with E-state index in [4.69, 9.17) is 0 Å². The van der Waals surface area contributed by atoms with Gasteiger partial charge in [-0.2, -0.15) is 13.2 Å². The number of nitrogens with one attached hydrogen (secondary N) is 2. The van der Waals surface area contributed by atoms with E-state index < -0.39 is 17.5 Å². The molecule has 0 aliphatic rings. The van der Waals surface area contributed by atoms with Gasteiger partial charge in [-0.1, -0.05) is 32.9 Å². The Morgan fingerprint density at radius 3 is 1.65 bits per heavy atom. The van der Waals surface area contributed by atoms with Crippen LogP contribution in [0.25, 0.3) is 0 Å². The summed E-state index contributed by atoms with van der Waals surface area (Å²) >= 11 is 0. The van der Waals surface area contributed by atoms with Gasteiger partial charge in [0.1, 0.15) is 0 Å². The summed E-state index contributed by atoms with van der Waals surface area (Å²) in [7, 11) is 0. The maximum Gasteiger partial charge on any atom is 0.471 e. The van der Waals surface area contributed by atoms with E-state index in [0.29, 0.717) is 0 Å². The van der Waals surface area contributed by atoms with Crippen LogP contribution in [0.3, 0.4) is 0 Å². The molecule has 4 nitrogen and oxygen atoms in total. The van der Waals surface area contributed by atoms with Crippen LogP contribution in [0.15, 0.2) is 24.3 Å². The van der Waals surface area contributed by atoms with E-state index in [-0.39, 0.29) is 17.3 Å². The highest BCUT2D eigenvalue weighted by molar-refractivity contribution is 6.02. The van der Waals surface area contributed by atoms with Crippen LogP contribution in [0.5, 0.6) is 0 Å². The Hall–Kier alpha value is -2.05. The molecule has 0 bridgehead atoms. The first-order chi connectivity index (χ1) is 9.01. The molecule has 1 aromatic carbocycles. The molecular weight excluding hydrogens is 273 g/mol. The lowest BCUT2D eigenvalue weighted by molar-refractivity contribution is -0.167. The highest BCUT2D eigenvalue weighted by atomic mass is 19.4. The van der Waals surface area contributed by atoms with E-state index in [1.54, 1.807) is 32.2 Å². The van der Waals surface area contributed by atoms with Crippen LogP contribution < -0.4 is 10.6 Å². The number of hydrogen-bond acceptors (Lipinski definition) is 2. The monoisotopic (exact) mass is 288 g/mol. The van der Waals surface area contributed by atoms with Crippen molar-refractivity contribution < 1.29 is 22.8 Å². The average molecular weight is 288 g/mol. The van der Waals surface area contributed by atoms with Gasteiger partial charge in [-0.15, -0.1) is 0 Å². The van der Waals surface area contributed by atoms with Crippen LogP contribution in [-0.2, 0) is 9.59 Å². The van der Waals surface area contributed by atoms with Crippen molar-refractivity contribution in [3.8, 4) is 0 Å². The van der Waals surface area contributed by atoms with Gasteiger partial charge >= 0.3 is 12.1 Å². The van der Waals surface area contributed by atoms with Gasteiger partial charge in [-0.3, -0.25) is 9.59 Å². The number of hydrogen-bond donors (Lipinski definition) is 2. The standard InChI is InChI=1S/C13H15F3N2O2/c1-12(2,3)10(19)17-8-6-4-5-7-9(8)18-11(20)13(14,15)16/h4-7H,1-3H3,(H,17,19)(H,18,20). The summed E-state index contributed by atoms with van der Waals surface area (Å²) in [6, 6.07) is 5.69. The number of halogens is 3. The quantitative estimate of drug-likeness (QED) is 0.878. The topological polar surface area (TPSA) is 58.2 Å². The third-order valence-corrected chi connectivity index (χ3v) is 2.36. The molecule has 1 aromatic rings. The number of para-hydroxylation sites is 2. The van der Waals surface area contributed by atoms with Gasteiger partial charge in [0.25, 0.3) is 0 Å². The molecule has 0 saturated heterocycles. The number of anilines is 2. The molecule has 110 valence electrons. The summed E-state index contributed by atoms with van der Waals surface area (Å²) in [6.45, 7) is 5.00. The molecule has 0 fully saturated rings. The van der Waals surface area contributed by atoms with Gasteiger partial charge in [0, 0.05) is 5.41 Å². The minimum absolute atomic E-state index is 0.104.